The third-order valence-corrected chi connectivity index (χ3v) is 3.79. The van der Waals surface area contributed by atoms with Gasteiger partial charge in [0.05, 0.1) is 5.69 Å². The normalized spacial score (nSPS) is 21.0. The van der Waals surface area contributed by atoms with Crippen LogP contribution in [-0.4, -0.2) is 27.8 Å². The van der Waals surface area contributed by atoms with Gasteiger partial charge in [0.2, 0.25) is 5.78 Å². The molecule has 1 aromatic carbocycles. The number of hydrogen-bond donors (Lipinski definition) is 0. The Kier molecular flexibility index (Phi) is 2.31. The number of nitrogens with zero attached hydrogens (tertiary/aromatic N) is 2. The average Bonchev–Trinajstić information content (AvgIpc) is 3.01. The van der Waals surface area contributed by atoms with Gasteiger partial charge in [-0.3, -0.25) is 14.5 Å². The number of fused-ring (bicyclic) bond motifs is 4. The number of ketones is 1. The van der Waals surface area contributed by atoms with Crippen molar-refractivity contribution >= 4 is 11.7 Å². The van der Waals surface area contributed by atoms with Gasteiger partial charge in [-0.1, -0.05) is 18.2 Å². The highest BCUT2D eigenvalue weighted by molar-refractivity contribution is 5.99. The first-order valence-electron chi connectivity index (χ1n) is 6.45. The van der Waals surface area contributed by atoms with Crippen molar-refractivity contribution in [1.29, 1.82) is 0 Å². The van der Waals surface area contributed by atoms with Crippen molar-refractivity contribution in [3.05, 3.63) is 59.4 Å². The minimum absolute atomic E-state index is 0.0210. The summed E-state index contributed by atoms with van der Waals surface area (Å²) in [6, 6.07) is 10.9. The Morgan fingerprint density at radius 3 is 2.85 bits per heavy atom. The van der Waals surface area contributed by atoms with Crippen LogP contribution in [-0.2, 0) is 11.4 Å². The molecule has 1 amide bonds. The van der Waals surface area contributed by atoms with Crippen molar-refractivity contribution in [2.45, 2.75) is 12.9 Å². The van der Waals surface area contributed by atoms with Crippen LogP contribution >= 0.6 is 0 Å². The second kappa shape index (κ2) is 4.05. The van der Waals surface area contributed by atoms with Gasteiger partial charge >= 0.3 is 0 Å². The molecule has 5 nitrogen and oxygen atoms in total. The predicted molar refractivity (Wildman–Crippen MR) is 70.1 cm³/mol. The zero-order valence-electron chi connectivity index (χ0n) is 10.7. The molecule has 3 heterocycles. The number of aromatic nitrogens is 1. The van der Waals surface area contributed by atoms with Gasteiger partial charge in [-0.25, -0.2) is 0 Å². The lowest BCUT2D eigenvalue weighted by Crippen LogP contribution is -2.36. The van der Waals surface area contributed by atoms with Crippen molar-refractivity contribution in [1.82, 2.24) is 9.47 Å². The van der Waals surface area contributed by atoms with Gasteiger partial charge in [0.15, 0.2) is 6.23 Å². The fourth-order valence-corrected chi connectivity index (χ4v) is 2.84. The van der Waals surface area contributed by atoms with E-state index in [0.717, 1.165) is 5.56 Å². The maximum atomic E-state index is 12.5. The fraction of sp³-hybridized carbons (Fsp3) is 0.200. The molecule has 0 radical (unpaired) electrons. The summed E-state index contributed by atoms with van der Waals surface area (Å²) in [4.78, 5) is 26.2. The molecule has 5 heteroatoms. The smallest absolute Gasteiger partial charge is 0.258 e. The maximum Gasteiger partial charge on any atom is 0.258 e. The van der Waals surface area contributed by atoms with Crippen LogP contribution in [0.3, 0.4) is 0 Å². The number of Topliss-reactive ketones (excluding diaryl/α,β-unsaturated/α-hetero) is 1. The molecule has 0 fully saturated rings. The van der Waals surface area contributed by atoms with E-state index in [-0.39, 0.29) is 18.3 Å². The number of benzene rings is 1. The van der Waals surface area contributed by atoms with Crippen LogP contribution in [0, 0.1) is 0 Å². The van der Waals surface area contributed by atoms with E-state index in [1.54, 1.807) is 27.7 Å². The zero-order valence-corrected chi connectivity index (χ0v) is 10.7. The van der Waals surface area contributed by atoms with Gasteiger partial charge in [-0.15, -0.1) is 0 Å². The molecule has 2 aliphatic rings. The standard InChI is InChI=1S/C15H12N2O3/c18-13-8-20-15-11-5-2-1-4-10(11)14(19)17(15)9-16-7-3-6-12(13)16/h1-7,15H,8-9H2. The van der Waals surface area contributed by atoms with E-state index in [2.05, 4.69) is 0 Å². The second-order valence-electron chi connectivity index (χ2n) is 4.95. The van der Waals surface area contributed by atoms with E-state index in [4.69, 9.17) is 4.74 Å². The molecular formula is C15H12N2O3. The lowest BCUT2D eigenvalue weighted by molar-refractivity contribution is -0.0482. The van der Waals surface area contributed by atoms with Gasteiger partial charge in [0, 0.05) is 17.3 Å². The molecule has 1 unspecified atom stereocenters. The quantitative estimate of drug-likeness (QED) is 0.732. The Labute approximate surface area is 115 Å². The third kappa shape index (κ3) is 1.47. The van der Waals surface area contributed by atoms with E-state index >= 15 is 0 Å². The number of amides is 1. The Morgan fingerprint density at radius 1 is 1.10 bits per heavy atom. The molecule has 0 N–H and O–H groups in total. The molecule has 1 aromatic heterocycles. The van der Waals surface area contributed by atoms with Gasteiger partial charge in [0.25, 0.3) is 5.91 Å². The van der Waals surface area contributed by atoms with Crippen LogP contribution in [0.1, 0.15) is 32.6 Å². The van der Waals surface area contributed by atoms with E-state index in [0.29, 0.717) is 17.9 Å². The van der Waals surface area contributed by atoms with Gasteiger partial charge in [-0.05, 0) is 18.2 Å². The Morgan fingerprint density at radius 2 is 1.95 bits per heavy atom. The Hall–Kier alpha value is -2.40. The highest BCUT2D eigenvalue weighted by atomic mass is 16.5. The minimum Gasteiger partial charge on any atom is -0.346 e. The predicted octanol–water partition coefficient (Wildman–Crippen LogP) is 1.81. The number of carbonyl (C=O) groups excluding carboxylic acids is 2. The van der Waals surface area contributed by atoms with Crippen molar-refractivity contribution in [3.63, 3.8) is 0 Å². The largest absolute Gasteiger partial charge is 0.346 e. The van der Waals surface area contributed by atoms with Crippen molar-refractivity contribution in [2.24, 2.45) is 0 Å². The lowest BCUT2D eigenvalue weighted by Gasteiger charge is -2.28. The molecule has 1 atom stereocenters. The fourth-order valence-electron chi connectivity index (χ4n) is 2.84. The van der Waals surface area contributed by atoms with E-state index in [1.807, 2.05) is 24.4 Å². The molecule has 0 saturated carbocycles. The third-order valence-electron chi connectivity index (χ3n) is 3.79. The summed E-state index contributed by atoms with van der Waals surface area (Å²) in [7, 11) is 0. The van der Waals surface area contributed by atoms with E-state index < -0.39 is 6.23 Å². The minimum atomic E-state index is -0.474. The molecule has 2 aromatic rings. The maximum absolute atomic E-state index is 12.5. The SMILES string of the molecule is O=C1COC2c3ccccc3C(=O)N2Cn2cccc21. The topological polar surface area (TPSA) is 51.5 Å². The molecule has 100 valence electrons. The Balaban J connectivity index is 1.82. The summed E-state index contributed by atoms with van der Waals surface area (Å²) in [6.45, 7) is 0.305. The van der Waals surface area contributed by atoms with Crippen LogP contribution < -0.4 is 0 Å². The zero-order chi connectivity index (χ0) is 13.7. The van der Waals surface area contributed by atoms with E-state index in [9.17, 15) is 9.59 Å². The van der Waals surface area contributed by atoms with Gasteiger partial charge in [-0.2, -0.15) is 0 Å². The highest BCUT2D eigenvalue weighted by Crippen LogP contribution is 2.35. The number of ether oxygens (including phenoxy) is 1. The summed E-state index contributed by atoms with van der Waals surface area (Å²) in [6.07, 6.45) is 1.34. The molecule has 4 rings (SSSR count). The summed E-state index contributed by atoms with van der Waals surface area (Å²) >= 11 is 0. The van der Waals surface area contributed by atoms with Gasteiger partial charge < -0.3 is 9.30 Å². The summed E-state index contributed by atoms with van der Waals surface area (Å²) in [5.74, 6) is -0.119. The van der Waals surface area contributed by atoms with Crippen molar-refractivity contribution in [2.75, 3.05) is 6.61 Å². The summed E-state index contributed by atoms with van der Waals surface area (Å²) in [5, 5.41) is 0. The first kappa shape index (κ1) is 11.4. The first-order chi connectivity index (χ1) is 9.75. The van der Waals surface area contributed by atoms with Crippen LogP contribution in [0.25, 0.3) is 0 Å². The van der Waals surface area contributed by atoms with Crippen LogP contribution in [0.5, 0.6) is 0 Å². The monoisotopic (exact) mass is 268 g/mol. The highest BCUT2D eigenvalue weighted by Gasteiger charge is 2.39. The Bertz CT molecular complexity index is 719. The molecule has 0 aliphatic carbocycles. The van der Waals surface area contributed by atoms with Crippen LogP contribution in [0.2, 0.25) is 0 Å². The molecule has 0 spiro atoms. The van der Waals surface area contributed by atoms with Crippen LogP contribution in [0.4, 0.5) is 0 Å². The molecule has 20 heavy (non-hydrogen) atoms. The molecule has 2 aliphatic heterocycles. The van der Waals surface area contributed by atoms with Crippen molar-refractivity contribution < 1.29 is 14.3 Å². The first-order valence-corrected chi connectivity index (χ1v) is 6.45. The number of carbonyl (C=O) groups is 2. The lowest BCUT2D eigenvalue weighted by atomic mass is 10.1. The summed E-state index contributed by atoms with van der Waals surface area (Å²) < 4.78 is 7.48. The van der Waals surface area contributed by atoms with Crippen LogP contribution in [0.15, 0.2) is 42.6 Å². The number of rotatable bonds is 0. The second-order valence-corrected chi connectivity index (χ2v) is 4.95. The molecule has 0 saturated heterocycles. The molecule has 0 bridgehead atoms. The average molecular weight is 268 g/mol. The molecular weight excluding hydrogens is 256 g/mol. The number of hydrogen-bond acceptors (Lipinski definition) is 3. The van der Waals surface area contributed by atoms with Gasteiger partial charge in [0.1, 0.15) is 13.3 Å². The van der Waals surface area contributed by atoms with Crippen molar-refractivity contribution in [3.8, 4) is 0 Å². The summed E-state index contributed by atoms with van der Waals surface area (Å²) in [5.41, 5.74) is 2.06. The van der Waals surface area contributed by atoms with E-state index in [1.165, 1.54) is 0 Å².